The summed E-state index contributed by atoms with van der Waals surface area (Å²) in [5.74, 6) is -1.68. The zero-order valence-electron chi connectivity index (χ0n) is 16.0. The molecule has 3 N–H and O–H groups in total. The molecule has 1 amide bonds. The number of nitrogens with one attached hydrogen (secondary N) is 1. The number of hydrogen-bond donors (Lipinski definition) is 2. The largest absolute Gasteiger partial charge is 0.353 e. The summed E-state index contributed by atoms with van der Waals surface area (Å²) in [4.78, 5) is 14.4. The van der Waals surface area contributed by atoms with E-state index in [9.17, 15) is 13.6 Å². The zero-order valence-corrected chi connectivity index (χ0v) is 17.7. The molecule has 1 saturated heterocycles. The van der Waals surface area contributed by atoms with Crippen molar-refractivity contribution in [3.05, 3.63) is 71.3 Å². The number of amides is 1. The van der Waals surface area contributed by atoms with Crippen LogP contribution in [0.25, 0.3) is 0 Å². The van der Waals surface area contributed by atoms with Gasteiger partial charge in [0.2, 0.25) is 5.91 Å². The molecule has 1 aliphatic heterocycles. The first-order valence-electron chi connectivity index (χ1n) is 9.27. The number of benzene rings is 2. The summed E-state index contributed by atoms with van der Waals surface area (Å²) in [6.07, 6.45) is 1.92. The highest BCUT2D eigenvalue weighted by molar-refractivity contribution is 5.85. The monoisotopic (exact) mass is 445 g/mol. The molecule has 0 bridgehead atoms. The van der Waals surface area contributed by atoms with Crippen LogP contribution in [-0.2, 0) is 11.3 Å². The van der Waals surface area contributed by atoms with Crippen LogP contribution in [0.5, 0.6) is 0 Å². The summed E-state index contributed by atoms with van der Waals surface area (Å²) >= 11 is 0. The minimum Gasteiger partial charge on any atom is -0.353 e. The molecular weight excluding hydrogens is 419 g/mol. The summed E-state index contributed by atoms with van der Waals surface area (Å²) in [7, 11) is 0. The molecule has 3 rings (SSSR count). The van der Waals surface area contributed by atoms with E-state index in [1.165, 1.54) is 6.07 Å². The van der Waals surface area contributed by atoms with Gasteiger partial charge in [-0.2, -0.15) is 0 Å². The SMILES string of the molecule is Cl.Cl.NC(CC(=O)NC1CCN(Cc2ccc(F)c(F)c2)CC1)c1ccccc1. The van der Waals surface area contributed by atoms with Gasteiger partial charge in [-0.25, -0.2) is 8.78 Å². The van der Waals surface area contributed by atoms with Crippen LogP contribution in [0.4, 0.5) is 8.78 Å². The Labute approximate surface area is 182 Å². The second-order valence-corrected chi connectivity index (χ2v) is 7.09. The van der Waals surface area contributed by atoms with Crippen LogP contribution in [0, 0.1) is 11.6 Å². The fraction of sp³-hybridized carbons (Fsp3) is 0.381. The molecule has 160 valence electrons. The van der Waals surface area contributed by atoms with Crippen LogP contribution >= 0.6 is 24.8 Å². The van der Waals surface area contributed by atoms with Crippen molar-refractivity contribution in [3.8, 4) is 0 Å². The first-order chi connectivity index (χ1) is 13.0. The third-order valence-electron chi connectivity index (χ3n) is 4.98. The van der Waals surface area contributed by atoms with E-state index in [1.54, 1.807) is 6.07 Å². The van der Waals surface area contributed by atoms with Crippen molar-refractivity contribution in [2.75, 3.05) is 13.1 Å². The number of nitrogens with two attached hydrogens (primary N) is 1. The molecule has 8 heteroatoms. The van der Waals surface area contributed by atoms with Crippen molar-refractivity contribution in [3.63, 3.8) is 0 Å². The van der Waals surface area contributed by atoms with E-state index < -0.39 is 11.6 Å². The Bertz CT molecular complexity index is 772. The number of carbonyl (C=O) groups is 1. The van der Waals surface area contributed by atoms with Gasteiger partial charge < -0.3 is 11.1 Å². The summed E-state index contributed by atoms with van der Waals surface area (Å²) in [5, 5.41) is 3.07. The van der Waals surface area contributed by atoms with Gasteiger partial charge in [-0.3, -0.25) is 9.69 Å². The average molecular weight is 446 g/mol. The fourth-order valence-corrected chi connectivity index (χ4v) is 3.44. The Kier molecular flexibility index (Phi) is 10.5. The van der Waals surface area contributed by atoms with Crippen LogP contribution in [0.2, 0.25) is 0 Å². The second kappa shape index (κ2) is 12.1. The maximum Gasteiger partial charge on any atom is 0.222 e. The first kappa shape index (κ1) is 25.3. The molecule has 0 aromatic heterocycles. The quantitative estimate of drug-likeness (QED) is 0.706. The number of nitrogens with zero attached hydrogens (tertiary/aromatic N) is 1. The van der Waals surface area contributed by atoms with Gasteiger partial charge in [0.05, 0.1) is 0 Å². The highest BCUT2D eigenvalue weighted by Crippen LogP contribution is 2.17. The molecule has 1 unspecified atom stereocenters. The van der Waals surface area contributed by atoms with Crippen LogP contribution in [0.15, 0.2) is 48.5 Å². The Hall–Kier alpha value is -1.73. The molecule has 0 aliphatic carbocycles. The van der Waals surface area contributed by atoms with Gasteiger partial charge in [-0.15, -0.1) is 24.8 Å². The van der Waals surface area contributed by atoms with Crippen LogP contribution in [0.3, 0.4) is 0 Å². The molecule has 1 atom stereocenters. The molecule has 0 radical (unpaired) electrons. The fourth-order valence-electron chi connectivity index (χ4n) is 3.44. The maximum absolute atomic E-state index is 13.3. The van der Waals surface area contributed by atoms with Gasteiger partial charge in [0.15, 0.2) is 11.6 Å². The van der Waals surface area contributed by atoms with E-state index in [1.807, 2.05) is 30.3 Å². The minimum atomic E-state index is -0.825. The molecule has 4 nitrogen and oxygen atoms in total. The normalized spacial score (nSPS) is 15.7. The topological polar surface area (TPSA) is 58.4 Å². The lowest BCUT2D eigenvalue weighted by Gasteiger charge is -2.32. The van der Waals surface area contributed by atoms with E-state index in [4.69, 9.17) is 5.73 Å². The van der Waals surface area contributed by atoms with Gasteiger partial charge in [-0.1, -0.05) is 36.4 Å². The highest BCUT2D eigenvalue weighted by atomic mass is 35.5. The Balaban J connectivity index is 0.00000210. The number of halogens is 4. The maximum atomic E-state index is 13.3. The van der Waals surface area contributed by atoms with Crippen molar-refractivity contribution in [2.45, 2.75) is 37.9 Å². The summed E-state index contributed by atoms with van der Waals surface area (Å²) in [6.45, 7) is 2.18. The molecule has 2 aromatic carbocycles. The lowest BCUT2D eigenvalue weighted by atomic mass is 10.0. The summed E-state index contributed by atoms with van der Waals surface area (Å²) in [6, 6.07) is 13.4. The summed E-state index contributed by atoms with van der Waals surface area (Å²) in [5.41, 5.74) is 7.81. The van der Waals surface area contributed by atoms with E-state index in [0.29, 0.717) is 6.54 Å². The average Bonchev–Trinajstić information content (AvgIpc) is 2.67. The summed E-state index contributed by atoms with van der Waals surface area (Å²) < 4.78 is 26.3. The van der Waals surface area contributed by atoms with Gasteiger partial charge >= 0.3 is 0 Å². The van der Waals surface area contributed by atoms with Crippen molar-refractivity contribution < 1.29 is 13.6 Å². The predicted molar refractivity (Wildman–Crippen MR) is 115 cm³/mol. The van der Waals surface area contributed by atoms with Crippen molar-refractivity contribution in [1.82, 2.24) is 10.2 Å². The number of rotatable bonds is 6. The molecular formula is C21H27Cl2F2N3O. The Morgan fingerprint density at radius 3 is 2.34 bits per heavy atom. The highest BCUT2D eigenvalue weighted by Gasteiger charge is 2.22. The van der Waals surface area contributed by atoms with Gasteiger partial charge in [-0.05, 0) is 36.1 Å². The number of likely N-dealkylation sites (tertiary alicyclic amines) is 1. The van der Waals surface area contributed by atoms with Crippen LogP contribution < -0.4 is 11.1 Å². The van der Waals surface area contributed by atoms with Gasteiger partial charge in [0, 0.05) is 38.1 Å². The standard InChI is InChI=1S/C21H25F2N3O.2ClH/c22-18-7-6-15(12-19(18)23)14-26-10-8-17(9-11-26)25-21(27)13-20(24)16-4-2-1-3-5-16;;/h1-7,12,17,20H,8-11,13-14,24H2,(H,25,27);2*1H. The molecule has 2 aromatic rings. The lowest BCUT2D eigenvalue weighted by molar-refractivity contribution is -0.122. The van der Waals surface area contributed by atoms with E-state index in [0.717, 1.165) is 43.1 Å². The Morgan fingerprint density at radius 1 is 1.07 bits per heavy atom. The number of piperidine rings is 1. The zero-order chi connectivity index (χ0) is 19.2. The third-order valence-corrected chi connectivity index (χ3v) is 4.98. The van der Waals surface area contributed by atoms with Crippen molar-refractivity contribution >= 4 is 30.7 Å². The molecule has 0 saturated carbocycles. The van der Waals surface area contributed by atoms with Crippen LogP contribution in [-0.4, -0.2) is 29.9 Å². The number of hydrogen-bond acceptors (Lipinski definition) is 3. The second-order valence-electron chi connectivity index (χ2n) is 7.09. The van der Waals surface area contributed by atoms with Gasteiger partial charge in [0.25, 0.3) is 0 Å². The lowest BCUT2D eigenvalue weighted by Crippen LogP contribution is -2.44. The van der Waals surface area contributed by atoms with Crippen molar-refractivity contribution in [2.24, 2.45) is 5.73 Å². The minimum absolute atomic E-state index is 0. The Morgan fingerprint density at radius 2 is 1.72 bits per heavy atom. The predicted octanol–water partition coefficient (Wildman–Crippen LogP) is 3.98. The van der Waals surface area contributed by atoms with Crippen LogP contribution in [0.1, 0.15) is 36.4 Å². The first-order valence-corrected chi connectivity index (χ1v) is 9.27. The number of carbonyl (C=O) groups excluding carboxylic acids is 1. The molecule has 0 spiro atoms. The van der Waals surface area contributed by atoms with E-state index in [2.05, 4.69) is 10.2 Å². The van der Waals surface area contributed by atoms with E-state index >= 15 is 0 Å². The third kappa shape index (κ3) is 7.55. The van der Waals surface area contributed by atoms with Crippen molar-refractivity contribution in [1.29, 1.82) is 0 Å². The smallest absolute Gasteiger partial charge is 0.222 e. The molecule has 29 heavy (non-hydrogen) atoms. The van der Waals surface area contributed by atoms with Gasteiger partial charge in [0.1, 0.15) is 0 Å². The molecule has 1 heterocycles. The van der Waals surface area contributed by atoms with E-state index in [-0.39, 0.29) is 49.2 Å². The molecule has 1 aliphatic rings. The molecule has 1 fully saturated rings.